The molecule has 5 heteroatoms. The van der Waals surface area contributed by atoms with Gasteiger partial charge in [0.1, 0.15) is 6.67 Å². The fourth-order valence-corrected chi connectivity index (χ4v) is 3.13. The molecule has 2 aromatic carbocycles. The highest BCUT2D eigenvalue weighted by Gasteiger charge is 2.16. The molecule has 0 saturated carbocycles. The van der Waals surface area contributed by atoms with Crippen molar-refractivity contribution in [2.75, 3.05) is 11.1 Å². The number of halogens is 2. The molecule has 0 unspecified atom stereocenters. The van der Waals surface area contributed by atoms with Crippen LogP contribution in [0.2, 0.25) is 0 Å². The second-order valence-electron chi connectivity index (χ2n) is 4.57. The molecule has 0 aliphatic carbocycles. The van der Waals surface area contributed by atoms with Gasteiger partial charge in [-0.15, -0.1) is 0 Å². The van der Waals surface area contributed by atoms with Gasteiger partial charge in [-0.05, 0) is 17.5 Å². The highest BCUT2D eigenvalue weighted by Crippen LogP contribution is 2.22. The van der Waals surface area contributed by atoms with Crippen LogP contribution < -0.4 is 15.0 Å². The van der Waals surface area contributed by atoms with E-state index in [2.05, 4.69) is 23.2 Å². The molecule has 2 aromatic rings. The Balaban J connectivity index is 2.18. The molecule has 94 valence electrons. The molecule has 0 saturated heterocycles. The Morgan fingerprint density at radius 1 is 1.05 bits per heavy atom. The third-order valence-corrected chi connectivity index (χ3v) is 3.96. The molecule has 3 nitrogen and oxygen atoms in total. The van der Waals surface area contributed by atoms with Crippen LogP contribution in [0.1, 0.15) is 5.56 Å². The maximum absolute atomic E-state index is 6.21. The lowest BCUT2D eigenvalue weighted by atomic mass is 10.0. The molecule has 2 aliphatic rings. The standard InChI is InChI=1S/C14H9Cl2N3/c15-18-7-12-10-2-1-9-5-6-17-14(9)11(10)3-4-13(12)19(16)8-18/h1-7H,8H2. The maximum Gasteiger partial charge on any atom is 0.121 e. The Morgan fingerprint density at radius 3 is 2.79 bits per heavy atom. The van der Waals surface area contributed by atoms with E-state index in [1.165, 1.54) is 0 Å². The SMILES string of the molecule is ClN1C=c2c(ccc3c4c(ccc23)C=CN=4)N(Cl)C1. The van der Waals surface area contributed by atoms with Gasteiger partial charge in [0, 0.05) is 52.1 Å². The van der Waals surface area contributed by atoms with E-state index < -0.39 is 0 Å². The summed E-state index contributed by atoms with van der Waals surface area (Å²) in [6, 6.07) is 8.25. The van der Waals surface area contributed by atoms with Gasteiger partial charge in [0.15, 0.2) is 0 Å². The van der Waals surface area contributed by atoms with Crippen molar-refractivity contribution in [2.45, 2.75) is 0 Å². The van der Waals surface area contributed by atoms with Crippen LogP contribution in [0.4, 0.5) is 5.69 Å². The summed E-state index contributed by atoms with van der Waals surface area (Å²) in [6.07, 6.45) is 5.75. The van der Waals surface area contributed by atoms with Gasteiger partial charge in [-0.3, -0.25) is 13.8 Å². The smallest absolute Gasteiger partial charge is 0.121 e. The van der Waals surface area contributed by atoms with Gasteiger partial charge in [-0.2, -0.15) is 0 Å². The van der Waals surface area contributed by atoms with Crippen molar-refractivity contribution in [3.8, 4) is 0 Å². The summed E-state index contributed by atoms with van der Waals surface area (Å²) in [5.41, 5.74) is 2.12. The summed E-state index contributed by atoms with van der Waals surface area (Å²) >= 11 is 12.3. The molecule has 0 atom stereocenters. The molecule has 4 rings (SSSR count). The van der Waals surface area contributed by atoms with Gasteiger partial charge in [0.2, 0.25) is 0 Å². The Labute approximate surface area is 119 Å². The minimum atomic E-state index is 0.457. The molecule has 0 N–H and O–H groups in total. The van der Waals surface area contributed by atoms with Crippen LogP contribution in [0.3, 0.4) is 0 Å². The first kappa shape index (κ1) is 11.1. The second kappa shape index (κ2) is 3.89. The molecule has 19 heavy (non-hydrogen) atoms. The monoisotopic (exact) mass is 289 g/mol. The summed E-state index contributed by atoms with van der Waals surface area (Å²) in [5.74, 6) is 0. The second-order valence-corrected chi connectivity index (χ2v) is 5.42. The van der Waals surface area contributed by atoms with E-state index in [9.17, 15) is 0 Å². The first-order valence-corrected chi connectivity index (χ1v) is 6.59. The van der Waals surface area contributed by atoms with Crippen molar-refractivity contribution in [1.29, 1.82) is 0 Å². The molecule has 0 amide bonds. The van der Waals surface area contributed by atoms with Gasteiger partial charge < -0.3 is 0 Å². The lowest BCUT2D eigenvalue weighted by molar-refractivity contribution is 0.656. The molecule has 0 spiro atoms. The van der Waals surface area contributed by atoms with Crippen molar-refractivity contribution in [1.82, 2.24) is 4.42 Å². The van der Waals surface area contributed by atoms with E-state index in [0.717, 1.165) is 32.6 Å². The zero-order chi connectivity index (χ0) is 13.0. The van der Waals surface area contributed by atoms with E-state index in [1.54, 1.807) is 8.84 Å². The maximum atomic E-state index is 6.21. The van der Waals surface area contributed by atoms with Crippen LogP contribution in [-0.2, 0) is 0 Å². The van der Waals surface area contributed by atoms with E-state index in [1.807, 2.05) is 24.5 Å². The average Bonchev–Trinajstić information content (AvgIpc) is 2.86. The van der Waals surface area contributed by atoms with Crippen LogP contribution in [0.15, 0.2) is 35.5 Å². The van der Waals surface area contributed by atoms with Crippen molar-refractivity contribution >= 4 is 52.3 Å². The van der Waals surface area contributed by atoms with Crippen molar-refractivity contribution in [3.63, 3.8) is 0 Å². The first-order chi connectivity index (χ1) is 9.24. The summed E-state index contributed by atoms with van der Waals surface area (Å²) in [5, 5.41) is 4.27. The fraction of sp³-hybridized carbons (Fsp3) is 0.0714. The number of anilines is 1. The van der Waals surface area contributed by atoms with Gasteiger partial charge in [-0.25, -0.2) is 0 Å². The highest BCUT2D eigenvalue weighted by atomic mass is 35.5. The third-order valence-electron chi connectivity index (χ3n) is 3.47. The van der Waals surface area contributed by atoms with E-state index >= 15 is 0 Å². The average molecular weight is 290 g/mol. The molecular formula is C14H9Cl2N3. The van der Waals surface area contributed by atoms with Crippen molar-refractivity contribution < 1.29 is 0 Å². The number of benzene rings is 2. The van der Waals surface area contributed by atoms with Crippen LogP contribution in [0.5, 0.6) is 0 Å². The third kappa shape index (κ3) is 1.55. The molecule has 2 heterocycles. The van der Waals surface area contributed by atoms with Crippen LogP contribution in [0.25, 0.3) is 23.0 Å². The Kier molecular flexibility index (Phi) is 2.28. The number of hydrogen-bond donors (Lipinski definition) is 0. The van der Waals surface area contributed by atoms with E-state index in [0.29, 0.717) is 6.67 Å². The normalized spacial score (nSPS) is 16.1. The predicted molar refractivity (Wildman–Crippen MR) is 79.1 cm³/mol. The topological polar surface area (TPSA) is 18.8 Å². The summed E-state index contributed by atoms with van der Waals surface area (Å²) in [7, 11) is 0. The molecule has 2 aliphatic heterocycles. The van der Waals surface area contributed by atoms with Gasteiger partial charge in [0.05, 0.1) is 11.0 Å². The number of nitrogens with zero attached hydrogens (tertiary/aromatic N) is 3. The van der Waals surface area contributed by atoms with Gasteiger partial charge in [0.25, 0.3) is 0 Å². The summed E-state index contributed by atoms with van der Waals surface area (Å²) < 4.78 is 3.17. The number of fused-ring (bicyclic) bond motifs is 5. The lowest BCUT2D eigenvalue weighted by Gasteiger charge is -2.26. The number of hydrogen-bond acceptors (Lipinski definition) is 3. The van der Waals surface area contributed by atoms with E-state index in [4.69, 9.17) is 23.6 Å². The minimum absolute atomic E-state index is 0.457. The Morgan fingerprint density at radius 2 is 1.89 bits per heavy atom. The first-order valence-electron chi connectivity index (χ1n) is 5.92. The Hall–Kier alpha value is -1.71. The quantitative estimate of drug-likeness (QED) is 0.694. The van der Waals surface area contributed by atoms with Crippen molar-refractivity contribution in [3.05, 3.63) is 46.6 Å². The molecule has 0 radical (unpaired) electrons. The zero-order valence-electron chi connectivity index (χ0n) is 9.85. The fourth-order valence-electron chi connectivity index (χ4n) is 2.61. The summed E-state index contributed by atoms with van der Waals surface area (Å²) in [6.45, 7) is 0.457. The van der Waals surface area contributed by atoms with Crippen molar-refractivity contribution in [2.24, 2.45) is 4.99 Å². The van der Waals surface area contributed by atoms with Crippen LogP contribution in [-0.4, -0.2) is 11.1 Å². The van der Waals surface area contributed by atoms with E-state index in [-0.39, 0.29) is 0 Å². The Bertz CT molecular complexity index is 842. The summed E-state index contributed by atoms with van der Waals surface area (Å²) in [4.78, 5) is 4.43. The van der Waals surface area contributed by atoms with Crippen LogP contribution in [0, 0.1) is 0 Å². The largest absolute Gasteiger partial charge is 0.271 e. The molecular weight excluding hydrogens is 281 g/mol. The lowest BCUT2D eigenvalue weighted by Crippen LogP contribution is -2.33. The highest BCUT2D eigenvalue weighted by molar-refractivity contribution is 6.27. The molecule has 0 aromatic heterocycles. The van der Waals surface area contributed by atoms with Gasteiger partial charge in [-0.1, -0.05) is 18.2 Å². The zero-order valence-corrected chi connectivity index (χ0v) is 11.4. The van der Waals surface area contributed by atoms with Gasteiger partial charge >= 0.3 is 0 Å². The van der Waals surface area contributed by atoms with Crippen LogP contribution >= 0.6 is 23.6 Å². The molecule has 0 fully saturated rings. The number of rotatable bonds is 0. The molecule has 0 bridgehead atoms. The minimum Gasteiger partial charge on any atom is -0.271 e. The predicted octanol–water partition coefficient (Wildman–Crippen LogP) is 2.57.